The van der Waals surface area contributed by atoms with Crippen molar-refractivity contribution in [3.8, 4) is 11.4 Å². The Hall–Kier alpha value is -1.14. The maximum absolute atomic E-state index is 5.55. The normalized spacial score (nSPS) is 9.44. The molecular formula is C10H14N4S2. The van der Waals surface area contributed by atoms with Gasteiger partial charge in [0.15, 0.2) is 10.3 Å². The minimum absolute atomic E-state index is 0.560. The first kappa shape index (κ1) is 12.9. The van der Waals surface area contributed by atoms with E-state index in [1.807, 2.05) is 31.5 Å². The number of nitrogen functional groups attached to an aromatic ring is 1. The predicted octanol–water partition coefficient (Wildman–Crippen LogP) is 2.93. The van der Waals surface area contributed by atoms with Crippen LogP contribution in [0.25, 0.3) is 11.4 Å². The fraction of sp³-hybridized carbons (Fsp3) is 0.300. The molecule has 0 aliphatic rings. The molecule has 0 aromatic carbocycles. The second-order valence-electron chi connectivity index (χ2n) is 2.50. The molecule has 0 saturated carbocycles. The zero-order chi connectivity index (χ0) is 12.0. The third-order valence-corrected chi connectivity index (χ3v) is 2.84. The van der Waals surface area contributed by atoms with Crippen LogP contribution < -0.4 is 5.73 Å². The van der Waals surface area contributed by atoms with Crippen LogP contribution >= 0.6 is 23.1 Å². The summed E-state index contributed by atoms with van der Waals surface area (Å²) in [4.78, 5) is 12.6. The summed E-state index contributed by atoms with van der Waals surface area (Å²) < 4.78 is 0. The molecule has 0 amide bonds. The predicted molar refractivity (Wildman–Crippen MR) is 70.7 cm³/mol. The summed E-state index contributed by atoms with van der Waals surface area (Å²) >= 11 is 2.92. The summed E-state index contributed by atoms with van der Waals surface area (Å²) in [5, 5.41) is 3.19. The van der Waals surface area contributed by atoms with Crippen LogP contribution in [0.1, 0.15) is 13.8 Å². The van der Waals surface area contributed by atoms with E-state index in [1.165, 1.54) is 23.1 Å². The lowest BCUT2D eigenvalue weighted by molar-refractivity contribution is 0.973. The largest absolute Gasteiger partial charge is 0.375 e. The number of nitrogens with zero attached hydrogens (tertiary/aromatic N) is 3. The molecule has 0 aliphatic heterocycles. The van der Waals surface area contributed by atoms with Gasteiger partial charge >= 0.3 is 0 Å². The molecule has 0 atom stereocenters. The topological polar surface area (TPSA) is 64.7 Å². The van der Waals surface area contributed by atoms with Gasteiger partial charge < -0.3 is 5.73 Å². The van der Waals surface area contributed by atoms with Gasteiger partial charge in [0.25, 0.3) is 0 Å². The number of aromatic nitrogens is 3. The van der Waals surface area contributed by atoms with E-state index in [4.69, 9.17) is 5.73 Å². The van der Waals surface area contributed by atoms with Crippen molar-refractivity contribution in [1.82, 2.24) is 15.0 Å². The van der Waals surface area contributed by atoms with E-state index in [0.29, 0.717) is 5.13 Å². The molecule has 0 aliphatic carbocycles. The summed E-state index contributed by atoms with van der Waals surface area (Å²) in [5.74, 6) is 0. The van der Waals surface area contributed by atoms with Gasteiger partial charge in [-0.15, -0.1) is 11.3 Å². The standard InChI is InChI=1S/C8H8N4S2.C2H6/c1-13-8-10-3-2-5(12-8)6-4-14-7(9)11-6;1-2/h2-4H,1H3,(H2,9,11);1-2H3. The molecule has 0 unspecified atom stereocenters. The molecule has 0 saturated heterocycles. The fourth-order valence-corrected chi connectivity index (χ4v) is 1.90. The number of anilines is 1. The van der Waals surface area contributed by atoms with Gasteiger partial charge in [-0.1, -0.05) is 25.6 Å². The maximum Gasteiger partial charge on any atom is 0.187 e. The number of nitrogens with two attached hydrogens (primary N) is 1. The molecular weight excluding hydrogens is 240 g/mol. The first-order valence-electron chi connectivity index (χ1n) is 4.88. The number of hydrogen-bond acceptors (Lipinski definition) is 6. The Morgan fingerprint density at radius 2 is 2.00 bits per heavy atom. The van der Waals surface area contributed by atoms with Crippen LogP contribution in [0.2, 0.25) is 0 Å². The zero-order valence-corrected chi connectivity index (χ0v) is 11.1. The van der Waals surface area contributed by atoms with Crippen molar-refractivity contribution in [1.29, 1.82) is 0 Å². The Bertz CT molecular complexity index is 442. The van der Waals surface area contributed by atoms with Crippen molar-refractivity contribution in [3.63, 3.8) is 0 Å². The van der Waals surface area contributed by atoms with E-state index in [1.54, 1.807) is 6.20 Å². The van der Waals surface area contributed by atoms with Gasteiger partial charge in [0.05, 0.1) is 5.69 Å². The third-order valence-electron chi connectivity index (χ3n) is 1.60. The van der Waals surface area contributed by atoms with Crippen LogP contribution in [0, 0.1) is 0 Å². The molecule has 16 heavy (non-hydrogen) atoms. The molecule has 2 aromatic heterocycles. The highest BCUT2D eigenvalue weighted by Crippen LogP contribution is 2.22. The van der Waals surface area contributed by atoms with E-state index < -0.39 is 0 Å². The zero-order valence-electron chi connectivity index (χ0n) is 9.47. The van der Waals surface area contributed by atoms with E-state index in [9.17, 15) is 0 Å². The van der Waals surface area contributed by atoms with Crippen LogP contribution in [0.5, 0.6) is 0 Å². The molecule has 2 N–H and O–H groups in total. The molecule has 4 nitrogen and oxygen atoms in total. The fourth-order valence-electron chi connectivity index (χ4n) is 0.987. The van der Waals surface area contributed by atoms with Gasteiger partial charge in [0.1, 0.15) is 5.69 Å². The number of hydrogen-bond donors (Lipinski definition) is 1. The maximum atomic E-state index is 5.55. The average molecular weight is 254 g/mol. The summed E-state index contributed by atoms with van der Waals surface area (Å²) in [6.45, 7) is 4.00. The third kappa shape index (κ3) is 3.18. The highest BCUT2D eigenvalue weighted by atomic mass is 32.2. The second-order valence-corrected chi connectivity index (χ2v) is 4.16. The lowest BCUT2D eigenvalue weighted by Crippen LogP contribution is -1.89. The summed E-state index contributed by atoms with van der Waals surface area (Å²) in [7, 11) is 0. The van der Waals surface area contributed by atoms with Gasteiger partial charge in [0, 0.05) is 11.6 Å². The Kier molecular flexibility index (Phi) is 5.21. The van der Waals surface area contributed by atoms with Crippen molar-refractivity contribution in [2.75, 3.05) is 12.0 Å². The molecule has 2 rings (SSSR count). The SMILES string of the molecule is CC.CSc1nccc(-c2csc(N)n2)n1. The molecule has 0 fully saturated rings. The quantitative estimate of drug-likeness (QED) is 0.659. The minimum Gasteiger partial charge on any atom is -0.375 e. The van der Waals surface area contributed by atoms with Crippen molar-refractivity contribution in [2.24, 2.45) is 0 Å². The summed E-state index contributed by atoms with van der Waals surface area (Å²) in [6.07, 6.45) is 3.66. The molecule has 6 heteroatoms. The van der Waals surface area contributed by atoms with E-state index in [-0.39, 0.29) is 0 Å². The van der Waals surface area contributed by atoms with Gasteiger partial charge in [-0.3, -0.25) is 0 Å². The minimum atomic E-state index is 0.560. The highest BCUT2D eigenvalue weighted by Gasteiger charge is 2.04. The van der Waals surface area contributed by atoms with Crippen LogP contribution in [0.4, 0.5) is 5.13 Å². The van der Waals surface area contributed by atoms with E-state index in [2.05, 4.69) is 15.0 Å². The van der Waals surface area contributed by atoms with Crippen molar-refractivity contribution >= 4 is 28.2 Å². The number of rotatable bonds is 2. The highest BCUT2D eigenvalue weighted by molar-refractivity contribution is 7.98. The Balaban J connectivity index is 0.000000606. The first-order chi connectivity index (χ1) is 7.79. The van der Waals surface area contributed by atoms with Crippen molar-refractivity contribution in [3.05, 3.63) is 17.6 Å². The van der Waals surface area contributed by atoms with Crippen LogP contribution in [-0.4, -0.2) is 21.2 Å². The second kappa shape index (κ2) is 6.44. The smallest absolute Gasteiger partial charge is 0.187 e. The van der Waals surface area contributed by atoms with Crippen LogP contribution in [0.3, 0.4) is 0 Å². The van der Waals surface area contributed by atoms with E-state index >= 15 is 0 Å². The summed E-state index contributed by atoms with van der Waals surface area (Å²) in [6, 6.07) is 1.83. The average Bonchev–Trinajstić information content (AvgIpc) is 2.79. The molecule has 86 valence electrons. The van der Waals surface area contributed by atoms with Crippen molar-refractivity contribution in [2.45, 2.75) is 19.0 Å². The van der Waals surface area contributed by atoms with Gasteiger partial charge in [0.2, 0.25) is 0 Å². The van der Waals surface area contributed by atoms with Crippen LogP contribution in [0.15, 0.2) is 22.8 Å². The lowest BCUT2D eigenvalue weighted by Gasteiger charge is -1.97. The van der Waals surface area contributed by atoms with E-state index in [0.717, 1.165) is 16.5 Å². The number of thioether (sulfide) groups is 1. The van der Waals surface area contributed by atoms with Gasteiger partial charge in [-0.2, -0.15) is 0 Å². The van der Waals surface area contributed by atoms with Gasteiger partial charge in [-0.05, 0) is 12.3 Å². The molecule has 0 bridgehead atoms. The molecule has 2 aromatic rings. The number of thiazole rings is 1. The monoisotopic (exact) mass is 254 g/mol. The lowest BCUT2D eigenvalue weighted by atomic mass is 10.3. The Morgan fingerprint density at radius 1 is 1.25 bits per heavy atom. The van der Waals surface area contributed by atoms with Crippen molar-refractivity contribution < 1.29 is 0 Å². The molecule has 0 spiro atoms. The first-order valence-corrected chi connectivity index (χ1v) is 6.98. The van der Waals surface area contributed by atoms with Crippen LogP contribution in [-0.2, 0) is 0 Å². The van der Waals surface area contributed by atoms with Gasteiger partial charge in [-0.25, -0.2) is 15.0 Å². The Labute approximate surface area is 103 Å². The Morgan fingerprint density at radius 3 is 2.56 bits per heavy atom. The molecule has 2 heterocycles. The summed E-state index contributed by atoms with van der Waals surface area (Å²) in [5.41, 5.74) is 7.17. The molecule has 0 radical (unpaired) electrons.